The van der Waals surface area contributed by atoms with Crippen LogP contribution in [-0.4, -0.2) is 30.7 Å². The second kappa shape index (κ2) is 6.34. The quantitative estimate of drug-likeness (QED) is 0.902. The number of aryl methyl sites for hydroxylation is 1. The van der Waals surface area contributed by atoms with Crippen molar-refractivity contribution < 1.29 is 9.47 Å². The fourth-order valence-corrected chi connectivity index (χ4v) is 2.02. The Kier molecular flexibility index (Phi) is 4.53. The van der Waals surface area contributed by atoms with Crippen LogP contribution < -0.4 is 15.2 Å². The number of ether oxygens (including phenoxy) is 2. The minimum absolute atomic E-state index is 0.526. The maximum absolute atomic E-state index is 5.58. The van der Waals surface area contributed by atoms with Crippen LogP contribution >= 0.6 is 0 Å². The second-order valence-corrected chi connectivity index (χ2v) is 4.42. The molecule has 106 valence electrons. The van der Waals surface area contributed by atoms with Gasteiger partial charge in [-0.2, -0.15) is 0 Å². The molecule has 0 amide bonds. The van der Waals surface area contributed by atoms with Crippen LogP contribution in [0.5, 0.6) is 11.5 Å². The molecular weight excluding hydrogens is 254 g/mol. The third kappa shape index (κ3) is 3.05. The van der Waals surface area contributed by atoms with E-state index >= 15 is 0 Å². The second-order valence-electron chi connectivity index (χ2n) is 4.42. The molecule has 0 spiro atoms. The van der Waals surface area contributed by atoms with Crippen molar-refractivity contribution in [1.29, 1.82) is 0 Å². The van der Waals surface area contributed by atoms with E-state index in [1.54, 1.807) is 14.2 Å². The van der Waals surface area contributed by atoms with Crippen molar-refractivity contribution in [2.75, 3.05) is 20.8 Å². The Balaban J connectivity index is 2.54. The minimum atomic E-state index is 0.526. The molecule has 0 aliphatic carbocycles. The molecule has 5 heteroatoms. The third-order valence-corrected chi connectivity index (χ3v) is 2.95. The fourth-order valence-electron chi connectivity index (χ4n) is 2.02. The normalized spacial score (nSPS) is 10.4. The van der Waals surface area contributed by atoms with Crippen molar-refractivity contribution in [2.24, 2.45) is 5.73 Å². The highest BCUT2D eigenvalue weighted by Gasteiger charge is 2.11. The van der Waals surface area contributed by atoms with Crippen LogP contribution in [0.15, 0.2) is 24.3 Å². The lowest BCUT2D eigenvalue weighted by Crippen LogP contribution is -2.08. The van der Waals surface area contributed by atoms with Gasteiger partial charge in [-0.1, -0.05) is 0 Å². The molecular formula is C15H19N3O2. The van der Waals surface area contributed by atoms with Gasteiger partial charge in [0.05, 0.1) is 19.9 Å². The maximum Gasteiger partial charge on any atom is 0.130 e. The van der Waals surface area contributed by atoms with Gasteiger partial charge in [0.1, 0.15) is 17.3 Å². The fraction of sp³-hybridized carbons (Fsp3) is 0.333. The van der Waals surface area contributed by atoms with Crippen molar-refractivity contribution in [3.05, 3.63) is 35.8 Å². The number of methoxy groups -OCH3 is 2. The highest BCUT2D eigenvalue weighted by Crippen LogP contribution is 2.32. The number of hydrogen-bond acceptors (Lipinski definition) is 5. The van der Waals surface area contributed by atoms with Gasteiger partial charge in [-0.15, -0.1) is 0 Å². The summed E-state index contributed by atoms with van der Waals surface area (Å²) in [5.41, 5.74) is 8.18. The Morgan fingerprint density at radius 2 is 1.90 bits per heavy atom. The summed E-state index contributed by atoms with van der Waals surface area (Å²) in [5, 5.41) is 0. The molecule has 1 heterocycles. The molecule has 0 unspecified atom stereocenters. The average Bonchev–Trinajstić information content (AvgIpc) is 2.46. The molecule has 0 saturated heterocycles. The number of benzene rings is 1. The summed E-state index contributed by atoms with van der Waals surface area (Å²) < 4.78 is 10.7. The number of nitrogens with two attached hydrogens (primary N) is 1. The molecule has 0 atom stereocenters. The Morgan fingerprint density at radius 1 is 1.10 bits per heavy atom. The molecule has 5 nitrogen and oxygen atoms in total. The summed E-state index contributed by atoms with van der Waals surface area (Å²) in [4.78, 5) is 8.93. The van der Waals surface area contributed by atoms with Crippen LogP contribution in [0, 0.1) is 6.92 Å². The molecule has 2 rings (SSSR count). The highest BCUT2D eigenvalue weighted by molar-refractivity contribution is 5.69. The molecule has 0 radical (unpaired) electrons. The number of aromatic nitrogens is 2. The first-order valence-corrected chi connectivity index (χ1v) is 6.45. The minimum Gasteiger partial charge on any atom is -0.497 e. The molecule has 0 bridgehead atoms. The Hall–Kier alpha value is -2.14. The van der Waals surface area contributed by atoms with Gasteiger partial charge in [0.2, 0.25) is 0 Å². The zero-order valence-corrected chi connectivity index (χ0v) is 12.0. The molecule has 0 aliphatic rings. The summed E-state index contributed by atoms with van der Waals surface area (Å²) >= 11 is 0. The van der Waals surface area contributed by atoms with Gasteiger partial charge >= 0.3 is 0 Å². The van der Waals surface area contributed by atoms with Crippen molar-refractivity contribution in [3.63, 3.8) is 0 Å². The monoisotopic (exact) mass is 273 g/mol. The molecule has 1 aromatic carbocycles. The smallest absolute Gasteiger partial charge is 0.130 e. The van der Waals surface area contributed by atoms with Gasteiger partial charge in [0.25, 0.3) is 0 Å². The van der Waals surface area contributed by atoms with E-state index in [1.165, 1.54) is 0 Å². The SMILES string of the molecule is COc1ccc(OC)c(-c2cc(C)nc(CCN)n2)c1. The Bertz CT molecular complexity index is 600. The van der Waals surface area contributed by atoms with E-state index in [9.17, 15) is 0 Å². The summed E-state index contributed by atoms with van der Waals surface area (Å²) in [5.74, 6) is 2.26. The average molecular weight is 273 g/mol. The van der Waals surface area contributed by atoms with E-state index in [-0.39, 0.29) is 0 Å². The van der Waals surface area contributed by atoms with Gasteiger partial charge in [-0.05, 0) is 37.7 Å². The van der Waals surface area contributed by atoms with Crippen LogP contribution in [0.3, 0.4) is 0 Å². The van der Waals surface area contributed by atoms with Crippen molar-refractivity contribution in [3.8, 4) is 22.8 Å². The number of nitrogens with zero attached hydrogens (tertiary/aromatic N) is 2. The van der Waals surface area contributed by atoms with Crippen LogP contribution in [-0.2, 0) is 6.42 Å². The highest BCUT2D eigenvalue weighted by atomic mass is 16.5. The third-order valence-electron chi connectivity index (χ3n) is 2.95. The summed E-state index contributed by atoms with van der Waals surface area (Å²) in [6, 6.07) is 7.57. The van der Waals surface area contributed by atoms with Gasteiger partial charge in [0, 0.05) is 17.7 Å². The van der Waals surface area contributed by atoms with Gasteiger partial charge in [-0.3, -0.25) is 0 Å². The summed E-state index contributed by atoms with van der Waals surface area (Å²) in [6.45, 7) is 2.47. The van der Waals surface area contributed by atoms with Gasteiger partial charge in [0.15, 0.2) is 0 Å². The van der Waals surface area contributed by atoms with Crippen molar-refractivity contribution in [1.82, 2.24) is 9.97 Å². The standard InChI is InChI=1S/C15H19N3O2/c1-10-8-13(18-15(17-10)6-7-16)12-9-11(19-2)4-5-14(12)20-3/h4-5,8-9H,6-7,16H2,1-3H3. The predicted octanol–water partition coefficient (Wildman–Crippen LogP) is 1.97. The molecule has 0 aliphatic heterocycles. The lowest BCUT2D eigenvalue weighted by Gasteiger charge is -2.11. The number of hydrogen-bond donors (Lipinski definition) is 1. The van der Waals surface area contributed by atoms with Crippen molar-refractivity contribution >= 4 is 0 Å². The zero-order valence-electron chi connectivity index (χ0n) is 12.0. The predicted molar refractivity (Wildman–Crippen MR) is 78.1 cm³/mol. The van der Waals surface area contributed by atoms with Gasteiger partial charge < -0.3 is 15.2 Å². The molecule has 2 aromatic rings. The largest absolute Gasteiger partial charge is 0.497 e. The van der Waals surface area contributed by atoms with Crippen LogP contribution in [0.4, 0.5) is 0 Å². The number of rotatable bonds is 5. The van der Waals surface area contributed by atoms with E-state index in [2.05, 4.69) is 9.97 Å². The Morgan fingerprint density at radius 3 is 2.55 bits per heavy atom. The first-order chi connectivity index (χ1) is 9.67. The lowest BCUT2D eigenvalue weighted by molar-refractivity contribution is 0.404. The van der Waals surface area contributed by atoms with E-state index in [1.807, 2.05) is 31.2 Å². The molecule has 1 aromatic heterocycles. The molecule has 0 fully saturated rings. The van der Waals surface area contributed by atoms with Crippen LogP contribution in [0.2, 0.25) is 0 Å². The molecule has 2 N–H and O–H groups in total. The van der Waals surface area contributed by atoms with E-state index in [4.69, 9.17) is 15.2 Å². The van der Waals surface area contributed by atoms with Crippen molar-refractivity contribution in [2.45, 2.75) is 13.3 Å². The molecule has 0 saturated carbocycles. The maximum atomic E-state index is 5.58. The summed E-state index contributed by atoms with van der Waals surface area (Å²) in [7, 11) is 3.27. The molecule has 20 heavy (non-hydrogen) atoms. The Labute approximate surface area is 118 Å². The first-order valence-electron chi connectivity index (χ1n) is 6.45. The lowest BCUT2D eigenvalue weighted by atomic mass is 10.1. The zero-order chi connectivity index (χ0) is 14.5. The summed E-state index contributed by atoms with van der Waals surface area (Å²) in [6.07, 6.45) is 0.654. The van der Waals surface area contributed by atoms with Crippen LogP contribution in [0.25, 0.3) is 11.3 Å². The first kappa shape index (κ1) is 14.3. The van der Waals surface area contributed by atoms with E-state index < -0.39 is 0 Å². The van der Waals surface area contributed by atoms with Crippen LogP contribution in [0.1, 0.15) is 11.5 Å². The van der Waals surface area contributed by atoms with Gasteiger partial charge in [-0.25, -0.2) is 9.97 Å². The topological polar surface area (TPSA) is 70.3 Å². The van der Waals surface area contributed by atoms with E-state index in [0.29, 0.717) is 13.0 Å². The van der Waals surface area contributed by atoms with E-state index in [0.717, 1.165) is 34.3 Å².